The van der Waals surface area contributed by atoms with Crippen LogP contribution < -0.4 is 10.2 Å². The van der Waals surface area contributed by atoms with Gasteiger partial charge in [0, 0.05) is 43.8 Å². The van der Waals surface area contributed by atoms with Crippen LogP contribution in [0.5, 0.6) is 0 Å². The lowest BCUT2D eigenvalue weighted by Crippen LogP contribution is -2.27. The zero-order valence-corrected chi connectivity index (χ0v) is 14.8. The van der Waals surface area contributed by atoms with Crippen LogP contribution in [0.3, 0.4) is 0 Å². The highest BCUT2D eigenvalue weighted by Crippen LogP contribution is 2.18. The second kappa shape index (κ2) is 8.76. The summed E-state index contributed by atoms with van der Waals surface area (Å²) in [6.45, 7) is 1.20. The van der Waals surface area contributed by atoms with Crippen molar-refractivity contribution < 1.29 is 4.79 Å². The SMILES string of the molecule is CN(Cc1ccccc1)c1ncccc1CNC(=O)Cc1ccccn1. The Bertz CT molecular complexity index is 837. The number of aromatic nitrogens is 2. The molecular formula is C21H22N4O. The summed E-state index contributed by atoms with van der Waals surface area (Å²) in [5, 5.41) is 2.96. The van der Waals surface area contributed by atoms with Crippen LogP contribution in [0.15, 0.2) is 73.1 Å². The highest BCUT2D eigenvalue weighted by atomic mass is 16.1. The van der Waals surface area contributed by atoms with Crippen molar-refractivity contribution >= 4 is 11.7 Å². The average Bonchev–Trinajstić information content (AvgIpc) is 2.68. The molecule has 0 aliphatic heterocycles. The van der Waals surface area contributed by atoms with E-state index in [0.717, 1.165) is 23.6 Å². The van der Waals surface area contributed by atoms with Crippen molar-refractivity contribution in [1.82, 2.24) is 15.3 Å². The van der Waals surface area contributed by atoms with Crippen molar-refractivity contribution in [1.29, 1.82) is 0 Å². The minimum absolute atomic E-state index is 0.0517. The molecule has 5 heteroatoms. The molecule has 1 N–H and O–H groups in total. The topological polar surface area (TPSA) is 58.1 Å². The van der Waals surface area contributed by atoms with Crippen LogP contribution in [-0.4, -0.2) is 22.9 Å². The Morgan fingerprint density at radius 1 is 0.962 bits per heavy atom. The van der Waals surface area contributed by atoms with Gasteiger partial charge in [-0.05, 0) is 23.8 Å². The Labute approximate surface area is 153 Å². The third-order valence-corrected chi connectivity index (χ3v) is 4.04. The Morgan fingerprint density at radius 2 is 1.73 bits per heavy atom. The number of hydrogen-bond acceptors (Lipinski definition) is 4. The van der Waals surface area contributed by atoms with E-state index in [9.17, 15) is 4.79 Å². The van der Waals surface area contributed by atoms with Gasteiger partial charge >= 0.3 is 0 Å². The first kappa shape index (κ1) is 17.6. The molecule has 2 aromatic heterocycles. The van der Waals surface area contributed by atoms with Gasteiger partial charge < -0.3 is 10.2 Å². The van der Waals surface area contributed by atoms with E-state index in [4.69, 9.17) is 0 Å². The maximum Gasteiger partial charge on any atom is 0.226 e. The van der Waals surface area contributed by atoms with Gasteiger partial charge in [0.25, 0.3) is 0 Å². The molecule has 0 saturated carbocycles. The molecule has 1 aromatic carbocycles. The van der Waals surface area contributed by atoms with Gasteiger partial charge in [0.2, 0.25) is 5.91 Å². The fourth-order valence-electron chi connectivity index (χ4n) is 2.77. The summed E-state index contributed by atoms with van der Waals surface area (Å²) >= 11 is 0. The van der Waals surface area contributed by atoms with E-state index >= 15 is 0 Å². The van der Waals surface area contributed by atoms with Gasteiger partial charge in [-0.1, -0.05) is 42.5 Å². The van der Waals surface area contributed by atoms with E-state index in [0.29, 0.717) is 6.54 Å². The number of anilines is 1. The summed E-state index contributed by atoms with van der Waals surface area (Å²) in [7, 11) is 2.01. The molecule has 132 valence electrons. The second-order valence-electron chi connectivity index (χ2n) is 6.10. The Balaban J connectivity index is 1.62. The van der Waals surface area contributed by atoms with Gasteiger partial charge in [-0.15, -0.1) is 0 Å². The Morgan fingerprint density at radius 3 is 2.50 bits per heavy atom. The minimum atomic E-state index is -0.0517. The molecular weight excluding hydrogens is 324 g/mol. The van der Waals surface area contributed by atoms with Crippen molar-refractivity contribution in [3.8, 4) is 0 Å². The fraction of sp³-hybridized carbons (Fsp3) is 0.190. The van der Waals surface area contributed by atoms with Crippen LogP contribution in [-0.2, 0) is 24.3 Å². The summed E-state index contributed by atoms with van der Waals surface area (Å²) < 4.78 is 0. The van der Waals surface area contributed by atoms with E-state index in [-0.39, 0.29) is 12.3 Å². The number of nitrogens with zero attached hydrogens (tertiary/aromatic N) is 3. The molecule has 0 fully saturated rings. The molecule has 3 aromatic rings. The number of amides is 1. The van der Waals surface area contributed by atoms with E-state index in [1.807, 2.05) is 55.6 Å². The summed E-state index contributed by atoms with van der Waals surface area (Å²) in [5.41, 5.74) is 2.96. The first-order valence-corrected chi connectivity index (χ1v) is 8.58. The first-order valence-electron chi connectivity index (χ1n) is 8.58. The number of carbonyl (C=O) groups is 1. The highest BCUT2D eigenvalue weighted by molar-refractivity contribution is 5.78. The van der Waals surface area contributed by atoms with Gasteiger partial charge in [0.15, 0.2) is 0 Å². The predicted octanol–water partition coefficient (Wildman–Crippen LogP) is 2.97. The lowest BCUT2D eigenvalue weighted by Gasteiger charge is -2.21. The molecule has 0 saturated heterocycles. The number of nitrogens with one attached hydrogen (secondary N) is 1. The average molecular weight is 346 g/mol. The minimum Gasteiger partial charge on any atom is -0.355 e. The molecule has 0 aliphatic rings. The monoisotopic (exact) mass is 346 g/mol. The van der Waals surface area contributed by atoms with E-state index < -0.39 is 0 Å². The highest BCUT2D eigenvalue weighted by Gasteiger charge is 2.11. The van der Waals surface area contributed by atoms with Crippen molar-refractivity contribution in [2.45, 2.75) is 19.5 Å². The second-order valence-corrected chi connectivity index (χ2v) is 6.10. The van der Waals surface area contributed by atoms with Gasteiger partial charge in [0.05, 0.1) is 6.42 Å². The lowest BCUT2D eigenvalue weighted by molar-refractivity contribution is -0.120. The number of benzene rings is 1. The van der Waals surface area contributed by atoms with Gasteiger partial charge in [-0.3, -0.25) is 9.78 Å². The van der Waals surface area contributed by atoms with Crippen molar-refractivity contribution in [3.63, 3.8) is 0 Å². The van der Waals surface area contributed by atoms with E-state index in [2.05, 4.69) is 32.3 Å². The molecule has 0 radical (unpaired) electrons. The van der Waals surface area contributed by atoms with Gasteiger partial charge in [0.1, 0.15) is 5.82 Å². The molecule has 0 aliphatic carbocycles. The molecule has 5 nitrogen and oxygen atoms in total. The number of pyridine rings is 2. The van der Waals surface area contributed by atoms with Crippen LogP contribution in [0.2, 0.25) is 0 Å². The van der Waals surface area contributed by atoms with Crippen LogP contribution >= 0.6 is 0 Å². The van der Waals surface area contributed by atoms with E-state index in [1.54, 1.807) is 12.4 Å². The third kappa shape index (κ3) is 4.89. The molecule has 1 amide bonds. The third-order valence-electron chi connectivity index (χ3n) is 4.04. The molecule has 2 heterocycles. The van der Waals surface area contributed by atoms with E-state index in [1.165, 1.54) is 5.56 Å². The predicted molar refractivity (Wildman–Crippen MR) is 103 cm³/mol. The Kier molecular flexibility index (Phi) is 5.93. The largest absolute Gasteiger partial charge is 0.355 e. The summed E-state index contributed by atoms with van der Waals surface area (Å²) in [6, 6.07) is 19.7. The van der Waals surface area contributed by atoms with Crippen LogP contribution in [0, 0.1) is 0 Å². The maximum atomic E-state index is 12.2. The van der Waals surface area contributed by atoms with Gasteiger partial charge in [-0.2, -0.15) is 0 Å². The van der Waals surface area contributed by atoms with Crippen LogP contribution in [0.4, 0.5) is 5.82 Å². The zero-order chi connectivity index (χ0) is 18.2. The quantitative estimate of drug-likeness (QED) is 0.714. The van der Waals surface area contributed by atoms with Crippen LogP contribution in [0.25, 0.3) is 0 Å². The molecule has 0 bridgehead atoms. The van der Waals surface area contributed by atoms with Crippen LogP contribution in [0.1, 0.15) is 16.8 Å². The number of hydrogen-bond donors (Lipinski definition) is 1. The Hall–Kier alpha value is -3.21. The smallest absolute Gasteiger partial charge is 0.226 e. The number of carbonyl (C=O) groups excluding carboxylic acids is 1. The van der Waals surface area contributed by atoms with Crippen molar-refractivity contribution in [3.05, 3.63) is 89.9 Å². The summed E-state index contributed by atoms with van der Waals surface area (Å²) in [4.78, 5) is 22.9. The van der Waals surface area contributed by atoms with Crippen molar-refractivity contribution in [2.24, 2.45) is 0 Å². The molecule has 0 unspecified atom stereocenters. The fourth-order valence-corrected chi connectivity index (χ4v) is 2.77. The lowest BCUT2D eigenvalue weighted by atomic mass is 10.2. The van der Waals surface area contributed by atoms with Crippen molar-refractivity contribution in [2.75, 3.05) is 11.9 Å². The first-order chi connectivity index (χ1) is 12.7. The van der Waals surface area contributed by atoms with Gasteiger partial charge in [-0.25, -0.2) is 4.98 Å². The number of rotatable bonds is 7. The standard InChI is InChI=1S/C21H22N4O/c1-25(16-17-8-3-2-4-9-17)21-18(10-7-13-23-21)15-24-20(26)14-19-11-5-6-12-22-19/h2-13H,14-16H2,1H3,(H,24,26). The normalized spacial score (nSPS) is 10.3. The molecule has 0 atom stereocenters. The molecule has 0 spiro atoms. The molecule has 26 heavy (non-hydrogen) atoms. The summed E-state index contributed by atoms with van der Waals surface area (Å²) in [6.07, 6.45) is 3.74. The maximum absolute atomic E-state index is 12.2. The zero-order valence-electron chi connectivity index (χ0n) is 14.8. The molecule has 3 rings (SSSR count). The summed E-state index contributed by atoms with van der Waals surface area (Å²) in [5.74, 6) is 0.818.